The van der Waals surface area contributed by atoms with Crippen LogP contribution in [0.3, 0.4) is 0 Å². The topological polar surface area (TPSA) is 58.2 Å². The Morgan fingerprint density at radius 2 is 1.67 bits per heavy atom. The van der Waals surface area contributed by atoms with Crippen LogP contribution in [-0.4, -0.2) is 17.4 Å². The van der Waals surface area contributed by atoms with E-state index < -0.39 is 0 Å². The van der Waals surface area contributed by atoms with Gasteiger partial charge in [0.15, 0.2) is 0 Å². The highest BCUT2D eigenvalue weighted by Gasteiger charge is 2.14. The van der Waals surface area contributed by atoms with Crippen molar-refractivity contribution >= 4 is 17.5 Å². The van der Waals surface area contributed by atoms with E-state index in [0.29, 0.717) is 11.3 Å². The van der Waals surface area contributed by atoms with E-state index in [-0.39, 0.29) is 17.4 Å². The number of hydrogen-bond donors (Lipinski definition) is 2. The van der Waals surface area contributed by atoms with E-state index in [4.69, 9.17) is 0 Å². The van der Waals surface area contributed by atoms with E-state index in [1.807, 2.05) is 33.8 Å². The highest BCUT2D eigenvalue weighted by atomic mass is 16.2. The summed E-state index contributed by atoms with van der Waals surface area (Å²) in [6, 6.07) is 6.79. The first-order chi connectivity index (χ1) is 9.81. The molecule has 1 rings (SSSR count). The quantitative estimate of drug-likeness (QED) is 0.659. The summed E-state index contributed by atoms with van der Waals surface area (Å²) in [6.45, 7) is 7.66. The largest absolute Gasteiger partial charge is 0.347 e. The number of carbonyl (C=O) groups excluding carboxylic acids is 2. The average Bonchev–Trinajstić information content (AvgIpc) is 2.38. The van der Waals surface area contributed by atoms with Gasteiger partial charge in [0.1, 0.15) is 0 Å². The predicted octanol–water partition coefficient (Wildman–Crippen LogP) is 3.29. The summed E-state index contributed by atoms with van der Waals surface area (Å²) in [5.74, 6) is -0.339. The van der Waals surface area contributed by atoms with Gasteiger partial charge in [0.25, 0.3) is 5.91 Å². The monoisotopic (exact) mass is 286 g/mol. The predicted molar refractivity (Wildman–Crippen MR) is 86.2 cm³/mol. The van der Waals surface area contributed by atoms with Gasteiger partial charge in [-0.1, -0.05) is 18.2 Å². The van der Waals surface area contributed by atoms with Crippen LogP contribution >= 0.6 is 0 Å². The zero-order chi connectivity index (χ0) is 15.9. The molecule has 4 nitrogen and oxygen atoms in total. The first-order valence-corrected chi connectivity index (χ1v) is 6.85. The molecule has 1 aromatic carbocycles. The van der Waals surface area contributed by atoms with Crippen LogP contribution in [0.25, 0.3) is 0 Å². The molecule has 0 spiro atoms. The Hall–Kier alpha value is -2.36. The van der Waals surface area contributed by atoms with Crippen LogP contribution in [0, 0.1) is 0 Å². The first kappa shape index (κ1) is 16.7. The molecule has 0 saturated carbocycles. The van der Waals surface area contributed by atoms with Gasteiger partial charge >= 0.3 is 0 Å². The van der Waals surface area contributed by atoms with Crippen LogP contribution < -0.4 is 10.6 Å². The first-order valence-electron chi connectivity index (χ1n) is 6.85. The smallest absolute Gasteiger partial charge is 0.251 e. The summed E-state index contributed by atoms with van der Waals surface area (Å²) >= 11 is 0. The van der Waals surface area contributed by atoms with Crippen LogP contribution in [-0.2, 0) is 4.79 Å². The van der Waals surface area contributed by atoms with Gasteiger partial charge in [-0.05, 0) is 52.0 Å². The Morgan fingerprint density at radius 1 is 1.05 bits per heavy atom. The van der Waals surface area contributed by atoms with Gasteiger partial charge < -0.3 is 10.6 Å². The SMILES string of the molecule is CC=CC=CC(=O)Nc1ccc(C(=O)NC(C)(C)C)cc1. The minimum Gasteiger partial charge on any atom is -0.347 e. The Labute approximate surface area is 125 Å². The molecule has 0 fully saturated rings. The second-order valence-electron chi connectivity index (χ2n) is 5.66. The third-order valence-corrected chi connectivity index (χ3v) is 2.45. The Kier molecular flexibility index (Phi) is 5.91. The number of hydrogen-bond acceptors (Lipinski definition) is 2. The molecular formula is C17H22N2O2. The Balaban J connectivity index is 2.66. The Bertz CT molecular complexity index is 549. The summed E-state index contributed by atoms with van der Waals surface area (Å²) in [4.78, 5) is 23.5. The lowest BCUT2D eigenvalue weighted by Gasteiger charge is -2.20. The number of amides is 2. The summed E-state index contributed by atoms with van der Waals surface area (Å²) in [5, 5.41) is 5.61. The molecule has 0 atom stereocenters. The van der Waals surface area contributed by atoms with Crippen molar-refractivity contribution in [1.29, 1.82) is 0 Å². The van der Waals surface area contributed by atoms with Crippen LogP contribution in [0.5, 0.6) is 0 Å². The van der Waals surface area contributed by atoms with Gasteiger partial charge in [-0.2, -0.15) is 0 Å². The second-order valence-corrected chi connectivity index (χ2v) is 5.66. The third kappa shape index (κ3) is 6.56. The highest BCUT2D eigenvalue weighted by molar-refractivity contribution is 6.00. The van der Waals surface area contributed by atoms with Crippen LogP contribution in [0.1, 0.15) is 38.1 Å². The zero-order valence-corrected chi connectivity index (χ0v) is 12.9. The molecule has 0 aliphatic rings. The highest BCUT2D eigenvalue weighted by Crippen LogP contribution is 2.11. The summed E-state index contributed by atoms with van der Waals surface area (Å²) in [6.07, 6.45) is 6.73. The van der Waals surface area contributed by atoms with Crippen molar-refractivity contribution in [1.82, 2.24) is 5.32 Å². The van der Waals surface area contributed by atoms with E-state index in [9.17, 15) is 9.59 Å². The molecule has 0 heterocycles. The molecule has 21 heavy (non-hydrogen) atoms. The van der Waals surface area contributed by atoms with E-state index in [1.165, 1.54) is 6.08 Å². The van der Waals surface area contributed by atoms with Crippen LogP contribution in [0.15, 0.2) is 48.6 Å². The number of anilines is 1. The maximum Gasteiger partial charge on any atom is 0.251 e. The fourth-order valence-corrected chi connectivity index (χ4v) is 1.56. The molecule has 0 aliphatic heterocycles. The number of rotatable bonds is 4. The fraction of sp³-hybridized carbons (Fsp3) is 0.294. The van der Waals surface area contributed by atoms with Crippen molar-refractivity contribution < 1.29 is 9.59 Å². The van der Waals surface area contributed by atoms with Crippen LogP contribution in [0.2, 0.25) is 0 Å². The van der Waals surface area contributed by atoms with Gasteiger partial charge in [0.05, 0.1) is 0 Å². The van der Waals surface area contributed by atoms with Crippen LogP contribution in [0.4, 0.5) is 5.69 Å². The molecular weight excluding hydrogens is 264 g/mol. The average molecular weight is 286 g/mol. The van der Waals surface area contributed by atoms with E-state index in [2.05, 4.69) is 10.6 Å². The van der Waals surface area contributed by atoms with Gasteiger partial charge in [-0.15, -0.1) is 0 Å². The molecule has 0 radical (unpaired) electrons. The number of benzene rings is 1. The molecule has 0 unspecified atom stereocenters. The lowest BCUT2D eigenvalue weighted by Crippen LogP contribution is -2.40. The maximum atomic E-state index is 12.0. The summed E-state index contributed by atoms with van der Waals surface area (Å²) in [7, 11) is 0. The molecule has 0 bridgehead atoms. The molecule has 112 valence electrons. The molecule has 4 heteroatoms. The lowest BCUT2D eigenvalue weighted by atomic mass is 10.1. The minimum atomic E-state index is -0.276. The zero-order valence-electron chi connectivity index (χ0n) is 12.9. The molecule has 1 aromatic rings. The van der Waals surface area contributed by atoms with Gasteiger partial charge in [-0.3, -0.25) is 9.59 Å². The molecule has 2 amide bonds. The normalized spacial score (nSPS) is 11.8. The molecule has 0 saturated heterocycles. The summed E-state index contributed by atoms with van der Waals surface area (Å²) < 4.78 is 0. The number of carbonyl (C=O) groups is 2. The summed E-state index contributed by atoms with van der Waals surface area (Å²) in [5.41, 5.74) is 0.937. The van der Waals surface area contributed by atoms with Crippen molar-refractivity contribution in [2.24, 2.45) is 0 Å². The second kappa shape index (κ2) is 7.43. The van der Waals surface area contributed by atoms with Crippen molar-refractivity contribution in [3.8, 4) is 0 Å². The molecule has 0 aliphatic carbocycles. The molecule has 2 N–H and O–H groups in total. The Morgan fingerprint density at radius 3 is 2.19 bits per heavy atom. The fourth-order valence-electron chi connectivity index (χ4n) is 1.56. The van der Waals surface area contributed by atoms with Crippen molar-refractivity contribution in [3.05, 3.63) is 54.1 Å². The van der Waals surface area contributed by atoms with E-state index in [1.54, 1.807) is 36.4 Å². The van der Waals surface area contributed by atoms with E-state index in [0.717, 1.165) is 0 Å². The van der Waals surface area contributed by atoms with Gasteiger partial charge in [0, 0.05) is 22.9 Å². The van der Waals surface area contributed by atoms with Crippen molar-refractivity contribution in [2.75, 3.05) is 5.32 Å². The standard InChI is InChI=1S/C17H22N2O2/c1-5-6-7-8-15(20)18-14-11-9-13(10-12-14)16(21)19-17(2,3)4/h5-12H,1-4H3,(H,18,20)(H,19,21). The third-order valence-electron chi connectivity index (χ3n) is 2.45. The van der Waals surface area contributed by atoms with E-state index >= 15 is 0 Å². The van der Waals surface area contributed by atoms with Crippen molar-refractivity contribution in [2.45, 2.75) is 33.2 Å². The maximum absolute atomic E-state index is 12.0. The van der Waals surface area contributed by atoms with Gasteiger partial charge in [0.2, 0.25) is 5.91 Å². The van der Waals surface area contributed by atoms with Gasteiger partial charge in [-0.25, -0.2) is 0 Å². The van der Waals surface area contributed by atoms with Crippen molar-refractivity contribution in [3.63, 3.8) is 0 Å². The number of allylic oxidation sites excluding steroid dienone is 3. The number of nitrogens with one attached hydrogen (secondary N) is 2. The lowest BCUT2D eigenvalue weighted by molar-refractivity contribution is -0.111. The minimum absolute atomic E-state index is 0.131. The molecule has 0 aromatic heterocycles.